The van der Waals surface area contributed by atoms with Crippen LogP contribution in [-0.4, -0.2) is 117 Å². The lowest BCUT2D eigenvalue weighted by Gasteiger charge is -2.59. The molecule has 13 heteroatoms. The summed E-state index contributed by atoms with van der Waals surface area (Å²) in [5.74, 6) is -0.393. The van der Waals surface area contributed by atoms with Crippen LogP contribution in [0.25, 0.3) is 0 Å². The molecule has 54 heavy (non-hydrogen) atoms. The minimum atomic E-state index is -1.35. The molecule has 2 heterocycles. The van der Waals surface area contributed by atoms with E-state index < -0.39 is 24.0 Å². The molecule has 2 fully saturated rings. The summed E-state index contributed by atoms with van der Waals surface area (Å²) in [6.07, 6.45) is 12.9. The molecule has 4 aliphatic rings. The Morgan fingerprint density at radius 3 is 2.57 bits per heavy atom. The Kier molecular flexibility index (Phi) is 16.2. The number of amides is 2. The number of nitrogens with one attached hydrogen (secondary N) is 1. The Balaban J connectivity index is 1.68. The van der Waals surface area contributed by atoms with Crippen molar-refractivity contribution in [2.24, 2.45) is 22.9 Å². The lowest BCUT2D eigenvalue weighted by Crippen LogP contribution is -2.70. The Morgan fingerprint density at radius 2 is 1.85 bits per heavy atom. The van der Waals surface area contributed by atoms with Crippen molar-refractivity contribution < 1.29 is 48.6 Å². The Bertz CT molecular complexity index is 1430. The van der Waals surface area contributed by atoms with E-state index in [1.165, 1.54) is 0 Å². The van der Waals surface area contributed by atoms with Gasteiger partial charge >= 0.3 is 6.03 Å². The molecule has 2 aliphatic heterocycles. The average molecular weight is 756 g/mol. The smallest absolute Gasteiger partial charge is 0.317 e. The van der Waals surface area contributed by atoms with Crippen molar-refractivity contribution in [2.75, 3.05) is 66.4 Å². The quantitative estimate of drug-likeness (QED) is 0.0716. The molecule has 4 N–H and O–H groups in total. The van der Waals surface area contributed by atoms with Gasteiger partial charge in [0.25, 0.3) is 0 Å². The summed E-state index contributed by atoms with van der Waals surface area (Å²) in [6, 6.07) is 4.87. The number of ether oxygens (including phenoxy) is 5. The van der Waals surface area contributed by atoms with E-state index in [-0.39, 0.29) is 76.4 Å². The molecule has 0 radical (unpaired) electrons. The molecule has 2 amide bonds. The van der Waals surface area contributed by atoms with E-state index in [0.29, 0.717) is 43.3 Å². The van der Waals surface area contributed by atoms with Gasteiger partial charge in [-0.25, -0.2) is 4.79 Å². The summed E-state index contributed by atoms with van der Waals surface area (Å²) < 4.78 is 31.5. The highest BCUT2D eigenvalue weighted by Gasteiger charge is 2.65. The number of carbonyl (C=O) groups excluding carboxylic acids is 1. The van der Waals surface area contributed by atoms with Crippen molar-refractivity contribution in [3.8, 4) is 11.5 Å². The first-order chi connectivity index (χ1) is 26.4. The minimum Gasteiger partial charge on any atom is -0.490 e. The van der Waals surface area contributed by atoms with E-state index in [1.807, 2.05) is 12.1 Å². The van der Waals surface area contributed by atoms with Gasteiger partial charge in [-0.1, -0.05) is 42.8 Å². The predicted octanol–water partition coefficient (Wildman–Crippen LogP) is 5.06. The van der Waals surface area contributed by atoms with E-state index in [2.05, 4.69) is 30.6 Å². The largest absolute Gasteiger partial charge is 0.490 e. The second-order valence-corrected chi connectivity index (χ2v) is 14.5. The highest BCUT2D eigenvalue weighted by molar-refractivity contribution is 6.03. The predicted molar refractivity (Wildman–Crippen MR) is 204 cm³/mol. The summed E-state index contributed by atoms with van der Waals surface area (Å²) in [5, 5.41) is 36.5. The Hall–Kier alpha value is -3.46. The number of likely N-dealkylation sites (N-methyl/N-ethyl adjacent to an activating group) is 1. The lowest BCUT2D eigenvalue weighted by molar-refractivity contribution is -0.252. The standard InChI is InChI=1S/C41H61N3O10/c1-4-21-50-30-15-16-35-33(27-30)38-31(13-7-10-19-46)29(12-6-9-18-45)26-32-34(43-54-37-14-8-11-23-51-37)28-36(41(53-35,39(32)38)52-22-5-2)44(3)40(48)42-17-24-49-25-20-47/h4-5,15-16,26-27,29,31,36-39,45-47H,1-2,6-14,17-25,28H2,3H3,(H,42,48)/t29-,31+,36-,37?,38+,39+,41+/m0/s1. The SMILES string of the molecule is C=CCOc1ccc2c(c1)[C@H]1[C@H](CCCCO)[C@@H](CCCCO)C=C3C(=NOC4CCCCO4)C[C@H](N(C)C(=O)NCCOCCO)[C@@](OCC=C)(O2)[C@H]31. The molecule has 1 saturated heterocycles. The number of hydrogen-bond donors (Lipinski definition) is 4. The zero-order valence-corrected chi connectivity index (χ0v) is 31.9. The van der Waals surface area contributed by atoms with Crippen LogP contribution in [-0.2, 0) is 19.0 Å². The molecule has 300 valence electrons. The molecule has 13 nitrogen and oxygen atoms in total. The van der Waals surface area contributed by atoms with Crippen LogP contribution in [0, 0.1) is 17.8 Å². The van der Waals surface area contributed by atoms with Crippen LogP contribution in [0.4, 0.5) is 4.79 Å². The number of allylic oxidation sites excluding steroid dienone is 1. The number of aliphatic hydroxyl groups is 3. The molecular formula is C41H61N3O10. The van der Waals surface area contributed by atoms with Gasteiger partial charge in [0.05, 0.1) is 44.7 Å². The fourth-order valence-electron chi connectivity index (χ4n) is 8.55. The maximum atomic E-state index is 14.0. The topological polar surface area (TPSA) is 161 Å². The van der Waals surface area contributed by atoms with Crippen molar-refractivity contribution in [2.45, 2.75) is 88.2 Å². The molecule has 2 aliphatic carbocycles. The number of unbranched alkanes of at least 4 members (excludes halogenated alkanes) is 2. The van der Waals surface area contributed by atoms with Gasteiger partial charge in [0.1, 0.15) is 24.1 Å². The van der Waals surface area contributed by atoms with Gasteiger partial charge in [-0.3, -0.25) is 0 Å². The van der Waals surface area contributed by atoms with Gasteiger partial charge < -0.3 is 54.1 Å². The first-order valence-electron chi connectivity index (χ1n) is 19.7. The molecule has 1 aromatic rings. The fraction of sp³-hybridized carbons (Fsp3) is 0.659. The zero-order valence-electron chi connectivity index (χ0n) is 31.9. The van der Waals surface area contributed by atoms with Crippen molar-refractivity contribution in [3.63, 3.8) is 0 Å². The van der Waals surface area contributed by atoms with Crippen LogP contribution in [0.1, 0.15) is 75.7 Å². The lowest BCUT2D eigenvalue weighted by atomic mass is 9.55. The van der Waals surface area contributed by atoms with Gasteiger partial charge in [-0.05, 0) is 74.1 Å². The number of fused-ring (bicyclic) bond motifs is 2. The van der Waals surface area contributed by atoms with Crippen LogP contribution in [0.2, 0.25) is 0 Å². The first-order valence-corrected chi connectivity index (χ1v) is 19.7. The summed E-state index contributed by atoms with van der Waals surface area (Å²) in [5.41, 5.74) is 2.65. The van der Waals surface area contributed by atoms with Crippen LogP contribution in [0.5, 0.6) is 11.5 Å². The zero-order chi connectivity index (χ0) is 38.3. The molecule has 7 atom stereocenters. The van der Waals surface area contributed by atoms with E-state index in [4.69, 9.17) is 38.8 Å². The number of hydrogen-bond acceptors (Lipinski definition) is 11. The van der Waals surface area contributed by atoms with Crippen LogP contribution in [0.15, 0.2) is 60.3 Å². The molecular weight excluding hydrogens is 694 g/mol. The van der Waals surface area contributed by atoms with Gasteiger partial charge in [0.2, 0.25) is 12.1 Å². The number of aliphatic hydroxyl groups excluding tert-OH is 3. The third-order valence-electron chi connectivity index (χ3n) is 11.0. The number of carbonyl (C=O) groups is 1. The van der Waals surface area contributed by atoms with Gasteiger partial charge in [0.15, 0.2) is 0 Å². The molecule has 0 aromatic heterocycles. The number of nitrogens with zero attached hydrogens (tertiary/aromatic N) is 2. The molecule has 0 bridgehead atoms. The van der Waals surface area contributed by atoms with Gasteiger partial charge in [-0.2, -0.15) is 0 Å². The maximum Gasteiger partial charge on any atom is 0.317 e. The van der Waals surface area contributed by atoms with E-state index in [0.717, 1.165) is 56.1 Å². The third kappa shape index (κ3) is 9.85. The fourth-order valence-corrected chi connectivity index (χ4v) is 8.55. The number of oxime groups is 1. The molecule has 0 spiro atoms. The Morgan fingerprint density at radius 1 is 1.06 bits per heavy atom. The van der Waals surface area contributed by atoms with Crippen LogP contribution >= 0.6 is 0 Å². The summed E-state index contributed by atoms with van der Waals surface area (Å²) in [6.45, 7) is 9.73. The highest BCUT2D eigenvalue weighted by Crippen LogP contribution is 2.61. The molecule has 1 aromatic carbocycles. The Labute approximate surface area is 319 Å². The van der Waals surface area contributed by atoms with E-state index in [9.17, 15) is 15.0 Å². The van der Waals surface area contributed by atoms with E-state index >= 15 is 0 Å². The van der Waals surface area contributed by atoms with Gasteiger partial charge in [0, 0.05) is 51.1 Å². The summed E-state index contributed by atoms with van der Waals surface area (Å²) in [7, 11) is 1.74. The highest BCUT2D eigenvalue weighted by atomic mass is 16.8. The normalized spacial score (nSPS) is 27.9. The second kappa shape index (κ2) is 21.0. The summed E-state index contributed by atoms with van der Waals surface area (Å²) >= 11 is 0. The number of urea groups is 1. The molecule has 1 saturated carbocycles. The van der Waals surface area contributed by atoms with Crippen LogP contribution in [0.3, 0.4) is 0 Å². The van der Waals surface area contributed by atoms with Crippen molar-refractivity contribution in [1.82, 2.24) is 10.2 Å². The van der Waals surface area contributed by atoms with Crippen molar-refractivity contribution in [1.29, 1.82) is 0 Å². The molecule has 5 rings (SSSR count). The molecule has 1 unspecified atom stereocenters. The average Bonchev–Trinajstić information content (AvgIpc) is 3.19. The van der Waals surface area contributed by atoms with E-state index in [1.54, 1.807) is 24.1 Å². The van der Waals surface area contributed by atoms with Crippen molar-refractivity contribution in [3.05, 3.63) is 60.7 Å². The van der Waals surface area contributed by atoms with Crippen LogP contribution < -0.4 is 14.8 Å². The minimum absolute atomic E-state index is 0.0957. The number of benzene rings is 1. The first kappa shape index (κ1) is 41.7. The third-order valence-corrected chi connectivity index (χ3v) is 11.0. The maximum absolute atomic E-state index is 14.0. The monoisotopic (exact) mass is 755 g/mol. The summed E-state index contributed by atoms with van der Waals surface area (Å²) in [4.78, 5) is 21.7. The second-order valence-electron chi connectivity index (χ2n) is 14.5. The van der Waals surface area contributed by atoms with Gasteiger partial charge in [-0.15, -0.1) is 6.58 Å². The van der Waals surface area contributed by atoms with Crippen molar-refractivity contribution >= 4 is 11.7 Å². The number of rotatable bonds is 22.